The molecule has 4 heterocycles. The second-order valence-corrected chi connectivity index (χ2v) is 15.6. The first-order chi connectivity index (χ1) is 30.3. The van der Waals surface area contributed by atoms with Crippen LogP contribution in [-0.2, 0) is 0 Å². The number of nitrogens with zero attached hydrogens (tertiary/aromatic N) is 6. The zero-order chi connectivity index (χ0) is 40.0. The summed E-state index contributed by atoms with van der Waals surface area (Å²) in [6.07, 6.45) is 0. The molecule has 0 bridgehead atoms. The minimum Gasteiger partial charge on any atom is -0.309 e. The Morgan fingerprint density at radius 2 is 0.754 bits per heavy atom. The topological polar surface area (TPSA) is 53.5 Å². The van der Waals surface area contributed by atoms with Crippen LogP contribution in [0.15, 0.2) is 206 Å². The minimum atomic E-state index is 0.546. The van der Waals surface area contributed by atoms with Gasteiger partial charge in [0.25, 0.3) is 0 Å². The Labute approximate surface area is 349 Å². The van der Waals surface area contributed by atoms with E-state index >= 15 is 0 Å². The van der Waals surface area contributed by atoms with E-state index < -0.39 is 0 Å². The van der Waals surface area contributed by atoms with Gasteiger partial charge >= 0.3 is 0 Å². The van der Waals surface area contributed by atoms with E-state index in [9.17, 15) is 0 Å². The summed E-state index contributed by atoms with van der Waals surface area (Å²) in [5.74, 6) is 1.77. The van der Waals surface area contributed by atoms with Crippen LogP contribution in [0.2, 0.25) is 0 Å². The molecule has 0 aliphatic rings. The number of fused-ring (bicyclic) bond motifs is 10. The molecule has 13 aromatic rings. The first-order valence-corrected chi connectivity index (χ1v) is 20.6. The normalized spacial score (nSPS) is 11.9. The number of hydrogen-bond donors (Lipinski definition) is 0. The zero-order valence-corrected chi connectivity index (χ0v) is 32.8. The van der Waals surface area contributed by atoms with Gasteiger partial charge in [-0.15, -0.1) is 0 Å². The first kappa shape index (κ1) is 33.6. The van der Waals surface area contributed by atoms with Crippen LogP contribution in [0.5, 0.6) is 0 Å². The van der Waals surface area contributed by atoms with Gasteiger partial charge in [0.05, 0.1) is 44.5 Å². The van der Waals surface area contributed by atoms with Crippen molar-refractivity contribution in [2.45, 2.75) is 0 Å². The van der Waals surface area contributed by atoms with E-state index in [2.05, 4.69) is 202 Å². The molecule has 0 radical (unpaired) electrons. The third kappa shape index (κ3) is 4.93. The van der Waals surface area contributed by atoms with Gasteiger partial charge in [0.1, 0.15) is 0 Å². The summed E-state index contributed by atoms with van der Waals surface area (Å²) in [5.41, 5.74) is 10.6. The fourth-order valence-corrected chi connectivity index (χ4v) is 9.74. The molecule has 9 aromatic carbocycles. The number of para-hydroxylation sites is 5. The van der Waals surface area contributed by atoms with Crippen molar-refractivity contribution in [1.82, 2.24) is 28.7 Å². The summed E-state index contributed by atoms with van der Waals surface area (Å²) < 4.78 is 7.12. The molecule has 284 valence electrons. The molecule has 0 saturated carbocycles. The van der Waals surface area contributed by atoms with E-state index in [1.807, 2.05) is 18.2 Å². The van der Waals surface area contributed by atoms with Gasteiger partial charge in [-0.1, -0.05) is 164 Å². The van der Waals surface area contributed by atoms with Crippen LogP contribution in [0.1, 0.15) is 0 Å². The van der Waals surface area contributed by atoms with Gasteiger partial charge < -0.3 is 9.13 Å². The highest BCUT2D eigenvalue weighted by atomic mass is 15.2. The van der Waals surface area contributed by atoms with Gasteiger partial charge in [0.2, 0.25) is 5.95 Å². The molecule has 6 heteroatoms. The summed E-state index contributed by atoms with van der Waals surface area (Å²) in [6.45, 7) is 0. The van der Waals surface area contributed by atoms with Gasteiger partial charge in [0, 0.05) is 43.4 Å². The Morgan fingerprint density at radius 1 is 0.295 bits per heavy atom. The van der Waals surface area contributed by atoms with Gasteiger partial charge in [-0.3, -0.25) is 4.57 Å². The molecule has 0 atom stereocenters. The molecule has 4 aromatic heterocycles. The SMILES string of the molecule is c1ccc(-c2nc(-c3cccc4ccccc34)nc(-n3c4cccc(-n5c6ccccc6c6ccccc65)c4c4cccc(-n5c6ccccc6c6ccccc65)c43)n2)cc1. The third-order valence-corrected chi connectivity index (χ3v) is 12.3. The molecule has 0 amide bonds. The minimum absolute atomic E-state index is 0.546. The van der Waals surface area contributed by atoms with Crippen LogP contribution >= 0.6 is 0 Å². The van der Waals surface area contributed by atoms with Crippen LogP contribution in [0.4, 0.5) is 0 Å². The van der Waals surface area contributed by atoms with Gasteiger partial charge in [-0.05, 0) is 53.2 Å². The van der Waals surface area contributed by atoms with Crippen LogP contribution < -0.4 is 0 Å². The van der Waals surface area contributed by atoms with Gasteiger partial charge in [0.15, 0.2) is 11.6 Å². The lowest BCUT2D eigenvalue weighted by atomic mass is 10.0. The number of benzene rings is 9. The number of rotatable bonds is 5. The van der Waals surface area contributed by atoms with Crippen molar-refractivity contribution in [3.05, 3.63) is 206 Å². The Hall–Kier alpha value is -8.35. The molecule has 13 rings (SSSR count). The van der Waals surface area contributed by atoms with Crippen molar-refractivity contribution >= 4 is 76.2 Å². The summed E-state index contributed by atoms with van der Waals surface area (Å²) in [6, 6.07) is 73.2. The molecule has 0 N–H and O–H groups in total. The van der Waals surface area contributed by atoms with Crippen LogP contribution in [0, 0.1) is 0 Å². The van der Waals surface area contributed by atoms with E-state index in [1.165, 1.54) is 21.5 Å². The van der Waals surface area contributed by atoms with Crippen molar-refractivity contribution in [3.63, 3.8) is 0 Å². The van der Waals surface area contributed by atoms with Gasteiger partial charge in [-0.2, -0.15) is 9.97 Å². The Balaban J connectivity index is 1.22. The first-order valence-electron chi connectivity index (χ1n) is 20.6. The van der Waals surface area contributed by atoms with E-state index in [-0.39, 0.29) is 0 Å². The van der Waals surface area contributed by atoms with Crippen LogP contribution in [0.25, 0.3) is 116 Å². The van der Waals surface area contributed by atoms with Crippen LogP contribution in [0.3, 0.4) is 0 Å². The molecule has 0 unspecified atom stereocenters. The predicted octanol–water partition coefficient (Wildman–Crippen LogP) is 13.7. The highest BCUT2D eigenvalue weighted by Gasteiger charge is 2.25. The second-order valence-electron chi connectivity index (χ2n) is 15.6. The quantitative estimate of drug-likeness (QED) is 0.175. The molecule has 0 aliphatic carbocycles. The Bertz CT molecular complexity index is 3780. The monoisotopic (exact) mass is 778 g/mol. The largest absolute Gasteiger partial charge is 0.309 e. The molecule has 61 heavy (non-hydrogen) atoms. The third-order valence-electron chi connectivity index (χ3n) is 12.3. The molecule has 0 fully saturated rings. The lowest BCUT2D eigenvalue weighted by Gasteiger charge is -2.15. The molecular weight excluding hydrogens is 745 g/mol. The maximum absolute atomic E-state index is 5.49. The lowest BCUT2D eigenvalue weighted by Crippen LogP contribution is -2.08. The van der Waals surface area contributed by atoms with E-state index in [4.69, 9.17) is 15.0 Å². The lowest BCUT2D eigenvalue weighted by molar-refractivity contribution is 0.950. The fourth-order valence-electron chi connectivity index (χ4n) is 9.74. The Morgan fingerprint density at radius 3 is 1.41 bits per heavy atom. The second kappa shape index (κ2) is 13.1. The highest BCUT2D eigenvalue weighted by molar-refractivity contribution is 6.19. The number of aromatic nitrogens is 6. The smallest absolute Gasteiger partial charge is 0.238 e. The van der Waals surface area contributed by atoms with Crippen molar-refractivity contribution in [2.24, 2.45) is 0 Å². The zero-order valence-electron chi connectivity index (χ0n) is 32.8. The van der Waals surface area contributed by atoms with Crippen molar-refractivity contribution in [1.29, 1.82) is 0 Å². The van der Waals surface area contributed by atoms with Crippen LogP contribution in [-0.4, -0.2) is 28.7 Å². The maximum Gasteiger partial charge on any atom is 0.238 e. The summed E-state index contributed by atoms with van der Waals surface area (Å²) >= 11 is 0. The standard InChI is InChI=1S/C55H34N6/c1-2-18-36(19-3-1)53-56-54(42-26-14-20-35-17-4-5-21-37(35)42)58-55(57-53)61-49-33-16-32-48(59-44-28-10-6-22-38(44)39-23-7-11-29-45(39)59)51(49)43-27-15-34-50(52(43)61)60-46-30-12-8-24-40(46)41-25-9-13-31-47(41)60/h1-34H. The van der Waals surface area contributed by atoms with Crippen molar-refractivity contribution in [2.75, 3.05) is 0 Å². The summed E-state index contributed by atoms with van der Waals surface area (Å²) in [5, 5.41) is 9.26. The molecule has 0 spiro atoms. The van der Waals surface area contributed by atoms with Crippen molar-refractivity contribution < 1.29 is 0 Å². The summed E-state index contributed by atoms with van der Waals surface area (Å²) in [7, 11) is 0. The molecule has 6 nitrogen and oxygen atoms in total. The van der Waals surface area contributed by atoms with E-state index in [0.29, 0.717) is 17.6 Å². The maximum atomic E-state index is 5.49. The average Bonchev–Trinajstić information content (AvgIpc) is 3.98. The predicted molar refractivity (Wildman–Crippen MR) is 251 cm³/mol. The molecule has 0 aliphatic heterocycles. The highest BCUT2D eigenvalue weighted by Crippen LogP contribution is 2.43. The molecular formula is C55H34N6. The molecule has 0 saturated heterocycles. The summed E-state index contributed by atoms with van der Waals surface area (Å²) in [4.78, 5) is 16.1. The fraction of sp³-hybridized carbons (Fsp3) is 0. The van der Waals surface area contributed by atoms with E-state index in [0.717, 1.165) is 77.1 Å². The van der Waals surface area contributed by atoms with Gasteiger partial charge in [-0.25, -0.2) is 4.98 Å². The average molecular weight is 779 g/mol. The van der Waals surface area contributed by atoms with E-state index in [1.54, 1.807) is 0 Å². The number of hydrogen-bond acceptors (Lipinski definition) is 3. The Kier molecular flexibility index (Phi) is 7.21. The van der Waals surface area contributed by atoms with Crippen molar-refractivity contribution in [3.8, 4) is 40.1 Å².